The largest absolute Gasteiger partial charge is 2.00 e. The Morgan fingerprint density at radius 1 is 0.746 bits per heavy atom. The number of aliphatic imine (C=N–C) groups is 1. The predicted octanol–water partition coefficient (Wildman–Crippen LogP) is 13.4. The molecule has 3 heterocycles. The van der Waals surface area contributed by atoms with Crippen molar-refractivity contribution in [3.05, 3.63) is 140 Å². The third-order valence-corrected chi connectivity index (χ3v) is 12.8. The molecule has 310 valence electrons. The SMILES string of the molecule is [2H]C1([2H])c2c(ccc(C)c2C)[C@]2(C(C)(C)C)OC(c3[c-]c(Oc4[c-]c(N5c6ccc(C(C)(C)C)cc6C(C)(C)c6cc(C)cnc65)cc(C)c4)cc(C(C)(C)C)c3)=N[C@]12C.[Pt+2]. The van der Waals surface area contributed by atoms with Gasteiger partial charge in [0.15, 0.2) is 5.60 Å². The van der Waals surface area contributed by atoms with Gasteiger partial charge in [-0.05, 0) is 84.0 Å². The average Bonchev–Trinajstić information content (AvgIpc) is 3.54. The fourth-order valence-electron chi connectivity index (χ4n) is 9.40. The number of ether oxygens (including phenoxy) is 2. The molecule has 0 saturated heterocycles. The van der Waals surface area contributed by atoms with Gasteiger partial charge in [-0.15, -0.1) is 29.8 Å². The molecule has 59 heavy (non-hydrogen) atoms. The van der Waals surface area contributed by atoms with Crippen LogP contribution in [0.15, 0.2) is 71.9 Å². The van der Waals surface area contributed by atoms with E-state index in [1.807, 2.05) is 39.1 Å². The van der Waals surface area contributed by atoms with E-state index >= 15 is 0 Å². The van der Waals surface area contributed by atoms with Crippen LogP contribution in [0.4, 0.5) is 17.2 Å². The van der Waals surface area contributed by atoms with Crippen molar-refractivity contribution in [1.82, 2.24) is 4.98 Å². The van der Waals surface area contributed by atoms with Crippen molar-refractivity contribution in [3.63, 3.8) is 0 Å². The van der Waals surface area contributed by atoms with Gasteiger partial charge in [0.1, 0.15) is 11.7 Å². The topological polar surface area (TPSA) is 47.0 Å². The Bertz CT molecular complexity index is 2640. The molecule has 1 aliphatic carbocycles. The molecule has 0 spiro atoms. The van der Waals surface area contributed by atoms with Gasteiger partial charge in [-0.25, -0.2) is 4.98 Å². The number of aryl methyl sites for hydroxylation is 3. The number of aromatic nitrogens is 1. The molecule has 1 aromatic heterocycles. The summed E-state index contributed by atoms with van der Waals surface area (Å²) in [6.45, 7) is 34.4. The van der Waals surface area contributed by atoms with Gasteiger partial charge in [-0.2, -0.15) is 5.56 Å². The minimum atomic E-state index is -1.80. The summed E-state index contributed by atoms with van der Waals surface area (Å²) < 4.78 is 33.5. The van der Waals surface area contributed by atoms with Crippen LogP contribution in [0.3, 0.4) is 0 Å². The molecule has 3 aliphatic rings. The average molecular weight is 969 g/mol. The Morgan fingerprint density at radius 3 is 2.08 bits per heavy atom. The number of benzene rings is 4. The molecule has 0 unspecified atom stereocenters. The third-order valence-electron chi connectivity index (χ3n) is 12.8. The van der Waals surface area contributed by atoms with Crippen LogP contribution >= 0.6 is 0 Å². The van der Waals surface area contributed by atoms with E-state index in [1.54, 1.807) is 0 Å². The minimum absolute atomic E-state index is 0. The summed E-state index contributed by atoms with van der Waals surface area (Å²) in [6, 6.07) is 28.7. The van der Waals surface area contributed by atoms with E-state index in [0.717, 1.165) is 56.1 Å². The summed E-state index contributed by atoms with van der Waals surface area (Å²) in [5, 5.41) is 0. The minimum Gasteiger partial charge on any atom is -0.507 e. The van der Waals surface area contributed by atoms with E-state index in [9.17, 15) is 2.74 Å². The Balaban J connectivity index is 0.00000561. The number of pyridine rings is 1. The van der Waals surface area contributed by atoms with Crippen LogP contribution in [0.5, 0.6) is 11.5 Å². The van der Waals surface area contributed by atoms with Crippen LogP contribution in [0.2, 0.25) is 0 Å². The summed E-state index contributed by atoms with van der Waals surface area (Å²) in [6.07, 6.45) is 0.140. The first-order valence-electron chi connectivity index (χ1n) is 21.7. The first kappa shape index (κ1) is 40.2. The Kier molecular flexibility index (Phi) is 9.48. The molecule has 4 aromatic carbocycles. The predicted molar refractivity (Wildman–Crippen MR) is 239 cm³/mol. The van der Waals surface area contributed by atoms with Crippen molar-refractivity contribution in [1.29, 1.82) is 0 Å². The fraction of sp³-hybridized carbons (Fsp3) is 0.434. The second kappa shape index (κ2) is 13.9. The molecule has 0 bridgehead atoms. The second-order valence-corrected chi connectivity index (χ2v) is 20.8. The molecule has 5 nitrogen and oxygen atoms in total. The zero-order chi connectivity index (χ0) is 43.9. The summed E-state index contributed by atoms with van der Waals surface area (Å²) >= 11 is 0. The summed E-state index contributed by atoms with van der Waals surface area (Å²) in [5.41, 5.74) is 9.50. The quantitative estimate of drug-likeness (QED) is 0.168. The van der Waals surface area contributed by atoms with E-state index in [0.29, 0.717) is 28.5 Å². The summed E-state index contributed by atoms with van der Waals surface area (Å²) in [7, 11) is 0. The van der Waals surface area contributed by atoms with E-state index in [2.05, 4.69) is 156 Å². The molecule has 0 saturated carbocycles. The normalized spacial score (nSPS) is 21.8. The molecular weight excluding hydrogens is 906 g/mol. The van der Waals surface area contributed by atoms with Crippen molar-refractivity contribution >= 4 is 23.1 Å². The molecular formula is C53H61N3O2Pt. The first-order chi connectivity index (χ1) is 27.6. The van der Waals surface area contributed by atoms with E-state index < -0.39 is 22.9 Å². The molecule has 8 rings (SSSR count). The fourth-order valence-corrected chi connectivity index (χ4v) is 9.40. The molecule has 2 aliphatic heterocycles. The standard InChI is InChI=1S/C53H61N3O2.Pt/c1-31-21-38(56-45-20-18-36(48(5,6)7)27-43(45)51(14,15)44-23-32(2)30-54-46(44)56)28-39(22-31)57-40-25-35(24-37(26-40)49(8,9)10)47-55-52(16)29-41-34(4)33(3)17-19-42(41)53(52,58-47)50(11,12)13;/h17-24,26-27,30H,29H2,1-16H3;/q-2;+2/t52-,53-;/m1./s1/i29D2;. The van der Waals surface area contributed by atoms with Crippen molar-refractivity contribution in [2.75, 3.05) is 4.90 Å². The van der Waals surface area contributed by atoms with Crippen LogP contribution in [0.1, 0.15) is 147 Å². The van der Waals surface area contributed by atoms with Gasteiger partial charge in [-0.1, -0.05) is 131 Å². The summed E-state index contributed by atoms with van der Waals surface area (Å²) in [4.78, 5) is 12.6. The van der Waals surface area contributed by atoms with Crippen LogP contribution in [0, 0.1) is 45.2 Å². The van der Waals surface area contributed by atoms with Crippen molar-refractivity contribution in [3.8, 4) is 11.5 Å². The van der Waals surface area contributed by atoms with Gasteiger partial charge in [-0.3, -0.25) is 4.99 Å². The number of fused-ring (bicyclic) bond motifs is 5. The maximum Gasteiger partial charge on any atom is 2.00 e. The zero-order valence-corrected chi connectivity index (χ0v) is 40.1. The van der Waals surface area contributed by atoms with Gasteiger partial charge in [0.25, 0.3) is 0 Å². The summed E-state index contributed by atoms with van der Waals surface area (Å²) in [5.74, 6) is 2.30. The van der Waals surface area contributed by atoms with Gasteiger partial charge in [0, 0.05) is 54.5 Å². The van der Waals surface area contributed by atoms with Crippen LogP contribution in [-0.2, 0) is 54.0 Å². The number of nitrogens with zero attached hydrogens (tertiary/aromatic N) is 3. The number of rotatable bonds is 4. The monoisotopic (exact) mass is 968 g/mol. The molecule has 0 amide bonds. The van der Waals surface area contributed by atoms with Gasteiger partial charge in [0.2, 0.25) is 0 Å². The van der Waals surface area contributed by atoms with Crippen LogP contribution in [0.25, 0.3) is 0 Å². The molecule has 5 aromatic rings. The first-order valence-corrected chi connectivity index (χ1v) is 20.7. The van der Waals surface area contributed by atoms with Crippen molar-refractivity contribution in [2.24, 2.45) is 10.4 Å². The Morgan fingerprint density at radius 2 is 1.42 bits per heavy atom. The molecule has 0 fully saturated rings. The molecule has 6 heteroatoms. The van der Waals surface area contributed by atoms with Gasteiger partial charge in [0.05, 0.1) is 5.54 Å². The van der Waals surface area contributed by atoms with Gasteiger partial charge >= 0.3 is 21.1 Å². The van der Waals surface area contributed by atoms with E-state index in [-0.39, 0.29) is 37.3 Å². The number of hydrogen-bond acceptors (Lipinski definition) is 5. The molecule has 0 radical (unpaired) electrons. The molecule has 0 N–H and O–H groups in total. The molecule has 2 atom stereocenters. The van der Waals surface area contributed by atoms with Crippen molar-refractivity contribution in [2.45, 2.75) is 145 Å². The smallest absolute Gasteiger partial charge is 0.507 e. The third kappa shape index (κ3) is 6.79. The van der Waals surface area contributed by atoms with Crippen LogP contribution < -0.4 is 9.64 Å². The zero-order valence-electron chi connectivity index (χ0n) is 39.8. The number of anilines is 3. The maximum absolute atomic E-state index is 9.74. The maximum atomic E-state index is 9.74. The van der Waals surface area contributed by atoms with Crippen LogP contribution in [-0.4, -0.2) is 16.4 Å². The van der Waals surface area contributed by atoms with E-state index in [1.165, 1.54) is 11.1 Å². The number of hydrogen-bond donors (Lipinski definition) is 0. The van der Waals surface area contributed by atoms with Crippen molar-refractivity contribution < 1.29 is 33.3 Å². The van der Waals surface area contributed by atoms with Gasteiger partial charge < -0.3 is 14.4 Å². The second-order valence-electron chi connectivity index (χ2n) is 20.8. The Labute approximate surface area is 371 Å². The van der Waals surface area contributed by atoms with E-state index in [4.69, 9.17) is 19.5 Å². The Hall–Kier alpha value is -4.21.